The Morgan fingerprint density at radius 2 is 2.16 bits per heavy atom. The Bertz CT molecular complexity index is 564. The molecule has 6 heteroatoms. The standard InChI is InChI=1S/C13H12Cl2O4/c1-3-18-12(16)9-5-7-4-8(14)6-10(15)11(7)19-13(9,2)17/h4-6,17H,3H2,1-2H3. The summed E-state index contributed by atoms with van der Waals surface area (Å²) in [5.74, 6) is -2.16. The fraction of sp³-hybridized carbons (Fsp3) is 0.308. The molecule has 1 N–H and O–H groups in total. The Morgan fingerprint density at radius 1 is 1.47 bits per heavy atom. The van der Waals surface area contributed by atoms with E-state index in [1.54, 1.807) is 13.0 Å². The van der Waals surface area contributed by atoms with E-state index in [1.165, 1.54) is 19.1 Å². The summed E-state index contributed by atoms with van der Waals surface area (Å²) in [6, 6.07) is 3.10. The number of carbonyl (C=O) groups is 1. The number of benzene rings is 1. The normalized spacial score (nSPS) is 21.2. The highest BCUT2D eigenvalue weighted by atomic mass is 35.5. The quantitative estimate of drug-likeness (QED) is 0.853. The molecule has 1 aromatic rings. The molecule has 0 saturated carbocycles. The lowest BCUT2D eigenvalue weighted by molar-refractivity contribution is -0.148. The largest absolute Gasteiger partial charge is 0.462 e. The molecule has 0 saturated heterocycles. The van der Waals surface area contributed by atoms with Gasteiger partial charge in [-0.15, -0.1) is 0 Å². The van der Waals surface area contributed by atoms with Crippen molar-refractivity contribution in [2.45, 2.75) is 19.6 Å². The number of halogens is 2. The first-order valence-electron chi connectivity index (χ1n) is 5.65. The van der Waals surface area contributed by atoms with Gasteiger partial charge in [0.15, 0.2) is 0 Å². The van der Waals surface area contributed by atoms with Gasteiger partial charge in [0.25, 0.3) is 0 Å². The van der Waals surface area contributed by atoms with E-state index in [1.807, 2.05) is 0 Å². The van der Waals surface area contributed by atoms with Crippen LogP contribution in [-0.4, -0.2) is 23.5 Å². The topological polar surface area (TPSA) is 55.8 Å². The highest BCUT2D eigenvalue weighted by molar-refractivity contribution is 6.36. The van der Waals surface area contributed by atoms with Crippen molar-refractivity contribution >= 4 is 35.2 Å². The van der Waals surface area contributed by atoms with Crippen molar-refractivity contribution in [1.29, 1.82) is 0 Å². The van der Waals surface area contributed by atoms with Gasteiger partial charge in [0.2, 0.25) is 5.79 Å². The van der Waals surface area contributed by atoms with E-state index >= 15 is 0 Å². The monoisotopic (exact) mass is 302 g/mol. The molecule has 0 radical (unpaired) electrons. The van der Waals surface area contributed by atoms with Crippen molar-refractivity contribution in [3.63, 3.8) is 0 Å². The van der Waals surface area contributed by atoms with Gasteiger partial charge in [-0.05, 0) is 25.1 Å². The zero-order valence-electron chi connectivity index (χ0n) is 10.4. The van der Waals surface area contributed by atoms with Crippen molar-refractivity contribution in [2.75, 3.05) is 6.61 Å². The zero-order valence-corrected chi connectivity index (χ0v) is 11.9. The van der Waals surface area contributed by atoms with Crippen LogP contribution in [0.1, 0.15) is 19.4 Å². The first kappa shape index (κ1) is 14.2. The Balaban J connectivity index is 2.54. The van der Waals surface area contributed by atoms with E-state index in [4.69, 9.17) is 32.7 Å². The lowest BCUT2D eigenvalue weighted by atomic mass is 10.00. The minimum atomic E-state index is -1.79. The lowest BCUT2D eigenvalue weighted by Gasteiger charge is -2.31. The van der Waals surface area contributed by atoms with E-state index < -0.39 is 11.8 Å². The summed E-state index contributed by atoms with van der Waals surface area (Å²) < 4.78 is 10.3. The Hall–Kier alpha value is -1.23. The summed E-state index contributed by atoms with van der Waals surface area (Å²) in [7, 11) is 0. The zero-order chi connectivity index (χ0) is 14.2. The molecule has 102 valence electrons. The van der Waals surface area contributed by atoms with Crippen molar-refractivity contribution in [1.82, 2.24) is 0 Å². The first-order chi connectivity index (χ1) is 8.85. The van der Waals surface area contributed by atoms with Crippen molar-refractivity contribution < 1.29 is 19.4 Å². The van der Waals surface area contributed by atoms with E-state index in [-0.39, 0.29) is 23.0 Å². The average Bonchev–Trinajstić information content (AvgIpc) is 2.29. The Labute approximate surface area is 120 Å². The Morgan fingerprint density at radius 3 is 2.79 bits per heavy atom. The van der Waals surface area contributed by atoms with Crippen LogP contribution in [0.2, 0.25) is 10.0 Å². The summed E-state index contributed by atoms with van der Waals surface area (Å²) >= 11 is 11.9. The third kappa shape index (κ3) is 2.71. The minimum absolute atomic E-state index is 0.000170. The summed E-state index contributed by atoms with van der Waals surface area (Å²) in [6.45, 7) is 3.23. The van der Waals surface area contributed by atoms with Crippen LogP contribution in [0.25, 0.3) is 6.08 Å². The van der Waals surface area contributed by atoms with Crippen molar-refractivity contribution in [3.05, 3.63) is 33.3 Å². The molecule has 1 heterocycles. The molecule has 0 amide bonds. The molecule has 0 spiro atoms. The molecule has 0 fully saturated rings. The molecule has 2 rings (SSSR count). The van der Waals surface area contributed by atoms with E-state index in [0.717, 1.165) is 0 Å². The molecule has 1 aliphatic heterocycles. The number of aliphatic hydroxyl groups is 1. The maximum Gasteiger partial charge on any atom is 0.340 e. The number of rotatable bonds is 2. The predicted molar refractivity (Wildman–Crippen MR) is 72.3 cm³/mol. The third-order valence-corrected chi connectivity index (χ3v) is 3.13. The van der Waals surface area contributed by atoms with Crippen LogP contribution in [0.4, 0.5) is 0 Å². The van der Waals surface area contributed by atoms with Gasteiger partial charge in [-0.25, -0.2) is 4.79 Å². The van der Waals surface area contributed by atoms with Gasteiger partial charge in [0.05, 0.1) is 11.6 Å². The van der Waals surface area contributed by atoms with Crippen LogP contribution in [0.15, 0.2) is 17.7 Å². The van der Waals surface area contributed by atoms with Gasteiger partial charge in [0.1, 0.15) is 11.3 Å². The van der Waals surface area contributed by atoms with Crippen LogP contribution in [0.5, 0.6) is 5.75 Å². The number of hydrogen-bond acceptors (Lipinski definition) is 4. The number of hydrogen-bond donors (Lipinski definition) is 1. The summed E-state index contributed by atoms with van der Waals surface area (Å²) in [4.78, 5) is 11.8. The highest BCUT2D eigenvalue weighted by Gasteiger charge is 2.39. The molecule has 1 unspecified atom stereocenters. The maximum absolute atomic E-state index is 11.8. The van der Waals surface area contributed by atoms with Crippen LogP contribution in [-0.2, 0) is 9.53 Å². The highest BCUT2D eigenvalue weighted by Crippen LogP contribution is 2.41. The Kier molecular flexibility index (Phi) is 3.76. The van der Waals surface area contributed by atoms with Crippen molar-refractivity contribution in [2.24, 2.45) is 0 Å². The molecule has 1 atom stereocenters. The van der Waals surface area contributed by atoms with Gasteiger partial charge < -0.3 is 14.6 Å². The van der Waals surface area contributed by atoms with Gasteiger partial charge in [0, 0.05) is 17.5 Å². The SMILES string of the molecule is CCOC(=O)C1=Cc2cc(Cl)cc(Cl)c2OC1(C)O. The third-order valence-electron chi connectivity index (χ3n) is 2.63. The summed E-state index contributed by atoms with van der Waals surface area (Å²) in [6.07, 6.45) is 1.47. The fourth-order valence-electron chi connectivity index (χ4n) is 1.80. The van der Waals surface area contributed by atoms with Crippen molar-refractivity contribution in [3.8, 4) is 5.75 Å². The molecule has 19 heavy (non-hydrogen) atoms. The van der Waals surface area contributed by atoms with E-state index in [0.29, 0.717) is 10.6 Å². The second-order valence-corrected chi connectivity index (χ2v) is 5.01. The fourth-order valence-corrected chi connectivity index (χ4v) is 2.34. The molecular weight excluding hydrogens is 291 g/mol. The lowest BCUT2D eigenvalue weighted by Crippen LogP contribution is -2.40. The molecule has 4 nitrogen and oxygen atoms in total. The minimum Gasteiger partial charge on any atom is -0.462 e. The second-order valence-electron chi connectivity index (χ2n) is 4.17. The summed E-state index contributed by atoms with van der Waals surface area (Å²) in [5.41, 5.74) is 0.521. The van der Waals surface area contributed by atoms with Gasteiger partial charge in [-0.2, -0.15) is 0 Å². The van der Waals surface area contributed by atoms with Crippen LogP contribution < -0.4 is 4.74 Å². The number of ether oxygens (including phenoxy) is 2. The predicted octanol–water partition coefficient (Wildman–Crippen LogP) is 3.04. The number of carbonyl (C=O) groups excluding carboxylic acids is 1. The molecular formula is C13H12Cl2O4. The van der Waals surface area contributed by atoms with Crippen LogP contribution >= 0.6 is 23.2 Å². The van der Waals surface area contributed by atoms with Gasteiger partial charge >= 0.3 is 5.97 Å². The summed E-state index contributed by atoms with van der Waals surface area (Å²) in [5, 5.41) is 10.9. The van der Waals surface area contributed by atoms with Crippen LogP contribution in [0, 0.1) is 0 Å². The molecule has 1 aromatic carbocycles. The van der Waals surface area contributed by atoms with Gasteiger partial charge in [-0.1, -0.05) is 23.2 Å². The number of esters is 1. The molecule has 0 bridgehead atoms. The average molecular weight is 303 g/mol. The molecule has 0 aliphatic carbocycles. The maximum atomic E-state index is 11.8. The van der Waals surface area contributed by atoms with E-state index in [2.05, 4.69) is 0 Å². The van der Waals surface area contributed by atoms with Gasteiger partial charge in [-0.3, -0.25) is 0 Å². The second kappa shape index (κ2) is 5.04. The molecule has 0 aromatic heterocycles. The smallest absolute Gasteiger partial charge is 0.340 e. The van der Waals surface area contributed by atoms with Crippen LogP contribution in [0.3, 0.4) is 0 Å². The number of fused-ring (bicyclic) bond motifs is 1. The molecule has 1 aliphatic rings. The van der Waals surface area contributed by atoms with E-state index in [9.17, 15) is 9.90 Å². The first-order valence-corrected chi connectivity index (χ1v) is 6.40.